The van der Waals surface area contributed by atoms with Gasteiger partial charge in [-0.05, 0) is 12.5 Å². The van der Waals surface area contributed by atoms with Crippen molar-refractivity contribution in [1.29, 1.82) is 0 Å². The van der Waals surface area contributed by atoms with E-state index in [0.717, 1.165) is 11.3 Å². The summed E-state index contributed by atoms with van der Waals surface area (Å²) in [4.78, 5) is 13.5. The quantitative estimate of drug-likeness (QED) is 0.562. The first-order chi connectivity index (χ1) is 5.65. The zero-order chi connectivity index (χ0) is 9.14. The second-order valence-electron chi connectivity index (χ2n) is 2.75. The topological polar surface area (TPSA) is 84.9 Å². The van der Waals surface area contributed by atoms with Gasteiger partial charge in [-0.1, -0.05) is 6.07 Å². The molecule has 1 unspecified atom stereocenters. The number of pyridine rings is 1. The average Bonchev–Trinajstić information content (AvgIpc) is 2.03. The molecular weight excluding hydrogens is 154 g/mol. The van der Waals surface area contributed by atoms with Crippen LogP contribution < -0.4 is 17.0 Å². The van der Waals surface area contributed by atoms with E-state index in [2.05, 4.69) is 4.98 Å². The minimum Gasteiger partial charge on any atom is -0.329 e. The second kappa shape index (κ2) is 3.51. The smallest absolute Gasteiger partial charge is 0.248 e. The van der Waals surface area contributed by atoms with E-state index >= 15 is 0 Å². The Labute approximate surface area is 70.6 Å². The van der Waals surface area contributed by atoms with E-state index in [1.165, 1.54) is 6.07 Å². The standard InChI is InChI=1S/C8H13N3O/c1-5-6(7(10)4-9)2-3-8(12)11-5/h2-3,7H,4,9-10H2,1H3,(H,11,12). The molecule has 1 aromatic rings. The van der Waals surface area contributed by atoms with Gasteiger partial charge in [0.15, 0.2) is 0 Å². The van der Waals surface area contributed by atoms with Crippen LogP contribution in [0.1, 0.15) is 17.3 Å². The third-order valence-electron chi connectivity index (χ3n) is 1.81. The number of nitrogens with one attached hydrogen (secondary N) is 1. The lowest BCUT2D eigenvalue weighted by Gasteiger charge is -2.10. The first-order valence-corrected chi connectivity index (χ1v) is 3.80. The Hall–Kier alpha value is -1.13. The molecule has 0 fully saturated rings. The van der Waals surface area contributed by atoms with Gasteiger partial charge in [0.2, 0.25) is 5.56 Å². The van der Waals surface area contributed by atoms with Crippen molar-refractivity contribution in [2.75, 3.05) is 6.54 Å². The Bertz CT molecular complexity index is 318. The molecule has 4 nitrogen and oxygen atoms in total. The van der Waals surface area contributed by atoms with Gasteiger partial charge in [0, 0.05) is 24.3 Å². The molecular formula is C8H13N3O. The Morgan fingerprint density at radius 1 is 1.58 bits per heavy atom. The summed E-state index contributed by atoms with van der Waals surface area (Å²) in [7, 11) is 0. The fraction of sp³-hybridized carbons (Fsp3) is 0.375. The lowest BCUT2D eigenvalue weighted by molar-refractivity contribution is 0.724. The fourth-order valence-corrected chi connectivity index (χ4v) is 1.12. The van der Waals surface area contributed by atoms with Gasteiger partial charge in [0.05, 0.1) is 0 Å². The number of H-pyrrole nitrogens is 1. The van der Waals surface area contributed by atoms with Gasteiger partial charge < -0.3 is 16.5 Å². The highest BCUT2D eigenvalue weighted by Crippen LogP contribution is 2.09. The van der Waals surface area contributed by atoms with Crippen LogP contribution in [-0.4, -0.2) is 11.5 Å². The Kier molecular flexibility index (Phi) is 2.62. The lowest BCUT2D eigenvalue weighted by Crippen LogP contribution is -2.23. The molecule has 12 heavy (non-hydrogen) atoms. The molecule has 0 aliphatic heterocycles. The third-order valence-corrected chi connectivity index (χ3v) is 1.81. The predicted octanol–water partition coefficient (Wildman–Crippen LogP) is -0.358. The van der Waals surface area contributed by atoms with E-state index in [-0.39, 0.29) is 11.6 Å². The highest BCUT2D eigenvalue weighted by atomic mass is 16.1. The van der Waals surface area contributed by atoms with Gasteiger partial charge in [0.1, 0.15) is 0 Å². The van der Waals surface area contributed by atoms with Crippen molar-refractivity contribution in [1.82, 2.24) is 4.98 Å². The van der Waals surface area contributed by atoms with Gasteiger partial charge in [-0.25, -0.2) is 0 Å². The molecule has 0 aliphatic rings. The molecule has 5 N–H and O–H groups in total. The minimum absolute atomic E-state index is 0.111. The summed E-state index contributed by atoms with van der Waals surface area (Å²) in [6.45, 7) is 2.19. The molecule has 4 heteroatoms. The van der Waals surface area contributed by atoms with Crippen molar-refractivity contribution < 1.29 is 0 Å². The van der Waals surface area contributed by atoms with Gasteiger partial charge in [-0.2, -0.15) is 0 Å². The molecule has 66 valence electrons. The van der Waals surface area contributed by atoms with Crippen molar-refractivity contribution >= 4 is 0 Å². The van der Waals surface area contributed by atoms with Gasteiger partial charge in [-0.15, -0.1) is 0 Å². The Morgan fingerprint density at radius 3 is 2.75 bits per heavy atom. The molecule has 1 rings (SSSR count). The largest absolute Gasteiger partial charge is 0.329 e. The van der Waals surface area contributed by atoms with E-state index in [9.17, 15) is 4.79 Å². The summed E-state index contributed by atoms with van der Waals surface area (Å²) < 4.78 is 0. The normalized spacial score (nSPS) is 12.9. The molecule has 0 aliphatic carbocycles. The average molecular weight is 167 g/mol. The molecule has 0 aromatic carbocycles. The maximum absolute atomic E-state index is 10.8. The highest BCUT2D eigenvalue weighted by Gasteiger charge is 2.06. The number of aryl methyl sites for hydroxylation is 1. The first kappa shape index (κ1) is 8.96. The van der Waals surface area contributed by atoms with E-state index in [0.29, 0.717) is 6.54 Å². The molecule has 0 spiro atoms. The Morgan fingerprint density at radius 2 is 2.25 bits per heavy atom. The Balaban J connectivity index is 3.09. The third kappa shape index (κ3) is 1.72. The number of aromatic nitrogens is 1. The second-order valence-corrected chi connectivity index (χ2v) is 2.75. The molecule has 0 bridgehead atoms. The molecule has 0 saturated carbocycles. The minimum atomic E-state index is -0.193. The maximum Gasteiger partial charge on any atom is 0.248 e. The summed E-state index contributed by atoms with van der Waals surface area (Å²) in [5.41, 5.74) is 12.7. The van der Waals surface area contributed by atoms with Crippen molar-refractivity contribution in [2.24, 2.45) is 11.5 Å². The monoisotopic (exact) mass is 167 g/mol. The highest BCUT2D eigenvalue weighted by molar-refractivity contribution is 5.22. The summed E-state index contributed by atoms with van der Waals surface area (Å²) in [5, 5.41) is 0. The van der Waals surface area contributed by atoms with Crippen molar-refractivity contribution in [3.05, 3.63) is 33.7 Å². The van der Waals surface area contributed by atoms with E-state index in [1.54, 1.807) is 6.07 Å². The van der Waals surface area contributed by atoms with Gasteiger partial charge in [0.25, 0.3) is 0 Å². The molecule has 1 aromatic heterocycles. The molecule has 0 saturated heterocycles. The number of hydrogen-bond donors (Lipinski definition) is 3. The zero-order valence-electron chi connectivity index (χ0n) is 7.00. The van der Waals surface area contributed by atoms with Crippen molar-refractivity contribution in [3.63, 3.8) is 0 Å². The van der Waals surface area contributed by atoms with Crippen LogP contribution >= 0.6 is 0 Å². The summed E-state index contributed by atoms with van der Waals surface area (Å²) in [6, 6.07) is 2.98. The maximum atomic E-state index is 10.8. The molecule has 1 atom stereocenters. The van der Waals surface area contributed by atoms with Crippen LogP contribution in [0.2, 0.25) is 0 Å². The van der Waals surface area contributed by atoms with Crippen LogP contribution in [0.25, 0.3) is 0 Å². The number of nitrogens with two attached hydrogens (primary N) is 2. The van der Waals surface area contributed by atoms with Crippen molar-refractivity contribution in [3.8, 4) is 0 Å². The van der Waals surface area contributed by atoms with Crippen LogP contribution in [0, 0.1) is 6.92 Å². The lowest BCUT2D eigenvalue weighted by atomic mass is 10.1. The van der Waals surface area contributed by atoms with E-state index in [4.69, 9.17) is 11.5 Å². The number of rotatable bonds is 2. The molecule has 0 amide bonds. The molecule has 0 radical (unpaired) electrons. The van der Waals surface area contributed by atoms with Crippen LogP contribution in [-0.2, 0) is 0 Å². The predicted molar refractivity (Wildman–Crippen MR) is 47.8 cm³/mol. The van der Waals surface area contributed by atoms with Crippen LogP contribution in [0.5, 0.6) is 0 Å². The number of aromatic amines is 1. The zero-order valence-corrected chi connectivity index (χ0v) is 7.00. The van der Waals surface area contributed by atoms with Crippen LogP contribution in [0.4, 0.5) is 0 Å². The molecule has 1 heterocycles. The summed E-state index contributed by atoms with van der Waals surface area (Å²) >= 11 is 0. The summed E-state index contributed by atoms with van der Waals surface area (Å²) in [5.74, 6) is 0. The van der Waals surface area contributed by atoms with Gasteiger partial charge in [-0.3, -0.25) is 4.79 Å². The number of hydrogen-bond acceptors (Lipinski definition) is 3. The van der Waals surface area contributed by atoms with Gasteiger partial charge >= 0.3 is 0 Å². The summed E-state index contributed by atoms with van der Waals surface area (Å²) in [6.07, 6.45) is 0. The van der Waals surface area contributed by atoms with Crippen molar-refractivity contribution in [2.45, 2.75) is 13.0 Å². The fourth-order valence-electron chi connectivity index (χ4n) is 1.12. The van der Waals surface area contributed by atoms with E-state index in [1.807, 2.05) is 6.92 Å². The first-order valence-electron chi connectivity index (χ1n) is 3.80. The van der Waals surface area contributed by atoms with E-state index < -0.39 is 0 Å². The SMILES string of the molecule is Cc1[nH]c(=O)ccc1C(N)CN. The van der Waals surface area contributed by atoms with Crippen LogP contribution in [0.15, 0.2) is 16.9 Å². The van der Waals surface area contributed by atoms with Crippen LogP contribution in [0.3, 0.4) is 0 Å².